The fraction of sp³-hybridized carbons (Fsp3) is 0. The van der Waals surface area contributed by atoms with E-state index in [1.165, 1.54) is 0 Å². The van der Waals surface area contributed by atoms with Crippen molar-refractivity contribution in [2.24, 2.45) is 9.98 Å². The van der Waals surface area contributed by atoms with Crippen LogP contribution in [-0.4, -0.2) is 27.1 Å². The summed E-state index contributed by atoms with van der Waals surface area (Å²) in [6.07, 6.45) is 0. The number of rotatable bonds is 2. The van der Waals surface area contributed by atoms with E-state index in [2.05, 4.69) is 9.98 Å². The number of carbonyl (C=O) groups is 1. The molecule has 3 rings (SSSR count). The van der Waals surface area contributed by atoms with E-state index in [-0.39, 0.29) is 11.4 Å². The third-order valence-electron chi connectivity index (χ3n) is 2.85. The third-order valence-corrected chi connectivity index (χ3v) is 2.85. The van der Waals surface area contributed by atoms with Crippen molar-refractivity contribution in [2.75, 3.05) is 0 Å². The molecule has 9 nitrogen and oxygen atoms in total. The Hall–Kier alpha value is -3.23. The number of carbonyl (C=O) groups excluding carboxylic acids is 1. The highest BCUT2D eigenvalue weighted by molar-refractivity contribution is 6.78. The van der Waals surface area contributed by atoms with E-state index in [0.717, 1.165) is 0 Å². The third kappa shape index (κ3) is 1.46. The second-order valence-corrected chi connectivity index (χ2v) is 3.96. The lowest BCUT2D eigenvalue weighted by molar-refractivity contribution is -0.617. The Kier molecular flexibility index (Phi) is 2.30. The molecule has 0 N–H and O–H groups in total. The van der Waals surface area contributed by atoms with Crippen molar-refractivity contribution in [2.45, 2.75) is 0 Å². The Balaban J connectivity index is 2.24. The van der Waals surface area contributed by atoms with Gasteiger partial charge >= 0.3 is 11.6 Å². The molecule has 0 fully saturated rings. The van der Waals surface area contributed by atoms with Crippen molar-refractivity contribution in [3.8, 4) is 0 Å². The molecule has 0 amide bonds. The zero-order valence-corrected chi connectivity index (χ0v) is 9.64. The molecule has 0 atom stereocenters. The normalized spacial score (nSPS) is 15.4. The van der Waals surface area contributed by atoms with Crippen LogP contribution in [0.3, 0.4) is 0 Å². The summed E-state index contributed by atoms with van der Waals surface area (Å²) < 4.78 is 0. The molecule has 20 heavy (non-hydrogen) atoms. The predicted octanol–water partition coefficient (Wildman–Crippen LogP) is 0.807. The Labute approximate surface area is 110 Å². The molecule has 0 aromatic heterocycles. The summed E-state index contributed by atoms with van der Waals surface area (Å²) in [5, 5.41) is 21.3. The minimum absolute atomic E-state index is 0.0950. The fourth-order valence-corrected chi connectivity index (χ4v) is 2.03. The lowest BCUT2D eigenvalue weighted by Crippen LogP contribution is -2.12. The van der Waals surface area contributed by atoms with Gasteiger partial charge in [-0.05, 0) is 0 Å². The first-order valence-corrected chi connectivity index (χ1v) is 5.35. The summed E-state index contributed by atoms with van der Waals surface area (Å²) in [6.45, 7) is 0. The van der Waals surface area contributed by atoms with Crippen LogP contribution in [0.25, 0.3) is 0 Å². The molecule has 0 unspecified atom stereocenters. The van der Waals surface area contributed by atoms with Crippen molar-refractivity contribution in [3.63, 3.8) is 0 Å². The number of hydrogen-bond acceptors (Lipinski definition) is 7. The molecule has 0 radical (unpaired) electrons. The van der Waals surface area contributed by atoms with Crippen LogP contribution in [0.2, 0.25) is 0 Å². The van der Waals surface area contributed by atoms with Crippen LogP contribution in [0.5, 0.6) is 0 Å². The summed E-state index contributed by atoms with van der Waals surface area (Å²) in [6, 6.07) is 6.51. The van der Waals surface area contributed by atoms with Crippen LogP contribution in [0, 0.1) is 20.2 Å². The Morgan fingerprint density at radius 2 is 1.50 bits per heavy atom. The number of Topliss-reactive ketones (excluding diaryl/α,β-unsaturated/α-hetero) is 1. The van der Waals surface area contributed by atoms with Crippen LogP contribution < -0.4 is 0 Å². The van der Waals surface area contributed by atoms with Gasteiger partial charge in [0.05, 0.1) is 0 Å². The molecular formula is C11H4N4O5. The van der Waals surface area contributed by atoms with Gasteiger partial charge in [0.25, 0.3) is 0 Å². The summed E-state index contributed by atoms with van der Waals surface area (Å²) in [5.74, 6) is -2.45. The van der Waals surface area contributed by atoms with Crippen LogP contribution in [-0.2, 0) is 0 Å². The van der Waals surface area contributed by atoms with E-state index in [0.29, 0.717) is 11.1 Å². The molecule has 0 saturated carbocycles. The highest BCUT2D eigenvalue weighted by Crippen LogP contribution is 2.28. The fourth-order valence-electron chi connectivity index (χ4n) is 2.03. The average Bonchev–Trinajstić information content (AvgIpc) is 2.90. The van der Waals surface area contributed by atoms with Gasteiger partial charge in [-0.3, -0.25) is 25.0 Å². The van der Waals surface area contributed by atoms with E-state index >= 15 is 0 Å². The van der Waals surface area contributed by atoms with Crippen molar-refractivity contribution in [1.82, 2.24) is 0 Å². The lowest BCUT2D eigenvalue weighted by Gasteiger charge is -1.94. The van der Waals surface area contributed by atoms with Crippen molar-refractivity contribution in [3.05, 3.63) is 67.3 Å². The molecule has 1 heterocycles. The average molecular weight is 272 g/mol. The quantitative estimate of drug-likeness (QED) is 0.581. The van der Waals surface area contributed by atoms with Crippen molar-refractivity contribution >= 4 is 17.2 Å². The van der Waals surface area contributed by atoms with Gasteiger partial charge in [-0.15, -0.1) is 0 Å². The van der Waals surface area contributed by atoms with Crippen LogP contribution in [0.1, 0.15) is 15.9 Å². The number of benzene rings is 1. The molecule has 98 valence electrons. The maximum Gasteiger partial charge on any atom is 0.604 e. The Bertz CT molecular complexity index is 774. The standard InChI is InChI=1S/C11H4N4O5/c16-9-6-4-2-1-3-5(6)7-8(9)13-10(12-7)11(14(17)18)15(19)20/h1-4H. The van der Waals surface area contributed by atoms with Crippen LogP contribution >= 0.6 is 0 Å². The smallest absolute Gasteiger partial charge is 0.287 e. The maximum absolute atomic E-state index is 12.0. The van der Waals surface area contributed by atoms with Crippen LogP contribution in [0.15, 0.2) is 45.9 Å². The molecule has 2 aliphatic rings. The van der Waals surface area contributed by atoms with E-state index in [1.807, 2.05) is 0 Å². The number of fused-ring (bicyclic) bond motifs is 3. The van der Waals surface area contributed by atoms with Crippen molar-refractivity contribution < 1.29 is 14.6 Å². The Morgan fingerprint density at radius 1 is 0.950 bits per heavy atom. The van der Waals surface area contributed by atoms with E-state index < -0.39 is 27.3 Å². The van der Waals surface area contributed by atoms with E-state index in [1.54, 1.807) is 24.3 Å². The summed E-state index contributed by atoms with van der Waals surface area (Å²) in [5.41, 5.74) is 0.898. The van der Waals surface area contributed by atoms with E-state index in [9.17, 15) is 25.0 Å². The summed E-state index contributed by atoms with van der Waals surface area (Å²) in [4.78, 5) is 38.4. The number of aliphatic imine (C=N–C) groups is 2. The number of nitro groups is 2. The monoisotopic (exact) mass is 272 g/mol. The SMILES string of the molecule is O=C1C2=NC(=C([N+](=O)[O-])[N+](=O)[O-])N=C2c2ccccc21. The molecule has 9 heteroatoms. The lowest BCUT2D eigenvalue weighted by atomic mass is 10.1. The van der Waals surface area contributed by atoms with Gasteiger partial charge in [-0.2, -0.15) is 0 Å². The largest absolute Gasteiger partial charge is 0.604 e. The molecule has 0 saturated heterocycles. The van der Waals surface area contributed by atoms with Gasteiger partial charge < -0.3 is 0 Å². The first-order valence-electron chi connectivity index (χ1n) is 5.35. The maximum atomic E-state index is 12.0. The molecule has 1 aliphatic heterocycles. The van der Waals surface area contributed by atoms with E-state index in [4.69, 9.17) is 0 Å². The summed E-state index contributed by atoms with van der Waals surface area (Å²) >= 11 is 0. The van der Waals surface area contributed by atoms with Gasteiger partial charge in [0.2, 0.25) is 5.78 Å². The molecule has 0 spiro atoms. The van der Waals surface area contributed by atoms with Gasteiger partial charge in [0, 0.05) is 11.1 Å². The van der Waals surface area contributed by atoms with Crippen LogP contribution in [0.4, 0.5) is 0 Å². The minimum Gasteiger partial charge on any atom is -0.287 e. The summed E-state index contributed by atoms with van der Waals surface area (Å²) in [7, 11) is 0. The second-order valence-electron chi connectivity index (χ2n) is 3.96. The van der Waals surface area contributed by atoms with Gasteiger partial charge in [-0.1, -0.05) is 24.3 Å². The van der Waals surface area contributed by atoms with Gasteiger partial charge in [0.1, 0.15) is 21.3 Å². The number of hydrogen-bond donors (Lipinski definition) is 0. The number of nitrogens with zero attached hydrogens (tertiary/aromatic N) is 4. The first-order chi connectivity index (χ1) is 9.50. The zero-order chi connectivity index (χ0) is 14.4. The second kappa shape index (κ2) is 3.88. The predicted molar refractivity (Wildman–Crippen MR) is 65.8 cm³/mol. The van der Waals surface area contributed by atoms with Gasteiger partial charge in [-0.25, -0.2) is 9.98 Å². The van der Waals surface area contributed by atoms with Crippen molar-refractivity contribution in [1.29, 1.82) is 0 Å². The first kappa shape index (κ1) is 11.8. The topological polar surface area (TPSA) is 128 Å². The molecule has 1 aromatic rings. The Morgan fingerprint density at radius 3 is 2.10 bits per heavy atom. The minimum atomic E-state index is -1.34. The highest BCUT2D eigenvalue weighted by atomic mass is 16.7. The molecule has 0 bridgehead atoms. The number of ketones is 1. The molecular weight excluding hydrogens is 268 g/mol. The zero-order valence-electron chi connectivity index (χ0n) is 9.64. The molecule has 1 aromatic carbocycles. The highest BCUT2D eigenvalue weighted by Gasteiger charge is 2.42. The molecule has 1 aliphatic carbocycles. The van der Waals surface area contributed by atoms with Gasteiger partial charge in [0.15, 0.2) is 0 Å².